The quantitative estimate of drug-likeness (QED) is 0.665. The molecule has 9 heteroatoms. The minimum atomic E-state index is -3.49. The summed E-state index contributed by atoms with van der Waals surface area (Å²) < 4.78 is 27.3. The summed E-state index contributed by atoms with van der Waals surface area (Å²) in [5.74, 6) is 0.747. The maximum atomic E-state index is 11.6. The predicted molar refractivity (Wildman–Crippen MR) is 75.4 cm³/mol. The summed E-state index contributed by atoms with van der Waals surface area (Å²) >= 11 is 0. The van der Waals surface area contributed by atoms with Gasteiger partial charge in [-0.15, -0.1) is 10.2 Å². The van der Waals surface area contributed by atoms with E-state index in [0.29, 0.717) is 17.9 Å². The van der Waals surface area contributed by atoms with Crippen LogP contribution in [0.1, 0.15) is 5.82 Å². The molecule has 20 heavy (non-hydrogen) atoms. The van der Waals surface area contributed by atoms with Crippen LogP contribution in [-0.2, 0) is 23.6 Å². The Kier molecular flexibility index (Phi) is 3.91. The summed E-state index contributed by atoms with van der Waals surface area (Å²) in [5, 5.41) is 10.8. The zero-order valence-corrected chi connectivity index (χ0v) is 12.0. The molecular weight excluding hydrogens is 280 g/mol. The molecule has 0 saturated heterocycles. The van der Waals surface area contributed by atoms with Crippen molar-refractivity contribution in [2.24, 2.45) is 7.05 Å². The fourth-order valence-electron chi connectivity index (χ4n) is 1.63. The molecule has 0 aliphatic rings. The third-order valence-corrected chi connectivity index (χ3v) is 4.26. The molecular formula is C11H16N6O2S. The summed E-state index contributed by atoms with van der Waals surface area (Å²) in [6.45, 7) is 0.443. The molecule has 0 spiro atoms. The second-order valence-electron chi connectivity index (χ2n) is 4.17. The zero-order valence-electron chi connectivity index (χ0n) is 11.2. The van der Waals surface area contributed by atoms with E-state index in [1.807, 2.05) is 7.05 Å². The Labute approximate surface area is 117 Å². The highest BCUT2D eigenvalue weighted by Crippen LogP contribution is 2.22. The Morgan fingerprint density at radius 1 is 1.40 bits per heavy atom. The van der Waals surface area contributed by atoms with Crippen molar-refractivity contribution in [3.8, 4) is 0 Å². The van der Waals surface area contributed by atoms with Gasteiger partial charge in [-0.2, -0.15) is 0 Å². The number of nitrogens with one attached hydrogen (secondary N) is 2. The maximum Gasteiger partial charge on any atom is 0.240 e. The Bertz CT molecular complexity index is 709. The van der Waals surface area contributed by atoms with Crippen LogP contribution < -0.4 is 15.8 Å². The van der Waals surface area contributed by atoms with E-state index in [1.54, 1.807) is 17.0 Å². The Morgan fingerprint density at radius 2 is 2.15 bits per heavy atom. The molecule has 0 fully saturated rings. The predicted octanol–water partition coefficient (Wildman–Crippen LogP) is -0.0825. The third kappa shape index (κ3) is 2.89. The summed E-state index contributed by atoms with van der Waals surface area (Å²) in [7, 11) is -0.297. The second-order valence-corrected chi connectivity index (χ2v) is 6.05. The van der Waals surface area contributed by atoms with Gasteiger partial charge in [0.25, 0.3) is 0 Å². The lowest BCUT2D eigenvalue weighted by Gasteiger charge is -2.10. The van der Waals surface area contributed by atoms with Crippen molar-refractivity contribution in [3.05, 3.63) is 30.4 Å². The van der Waals surface area contributed by atoms with Gasteiger partial charge in [-0.05, 0) is 25.2 Å². The van der Waals surface area contributed by atoms with Gasteiger partial charge in [0.2, 0.25) is 10.0 Å². The highest BCUT2D eigenvalue weighted by Gasteiger charge is 2.13. The van der Waals surface area contributed by atoms with Crippen molar-refractivity contribution < 1.29 is 8.42 Å². The molecule has 0 saturated carbocycles. The highest BCUT2D eigenvalue weighted by atomic mass is 32.2. The number of nitrogen functional groups attached to an aromatic ring is 1. The van der Waals surface area contributed by atoms with Crippen LogP contribution in [0.3, 0.4) is 0 Å². The van der Waals surface area contributed by atoms with Crippen LogP contribution in [0.4, 0.5) is 11.4 Å². The molecule has 0 atom stereocenters. The van der Waals surface area contributed by atoms with E-state index in [-0.39, 0.29) is 4.90 Å². The van der Waals surface area contributed by atoms with E-state index in [0.717, 1.165) is 5.82 Å². The molecule has 0 radical (unpaired) electrons. The minimum Gasteiger partial charge on any atom is -0.397 e. The van der Waals surface area contributed by atoms with Crippen molar-refractivity contribution in [2.45, 2.75) is 11.4 Å². The number of aryl methyl sites for hydroxylation is 1. The van der Waals surface area contributed by atoms with Crippen LogP contribution in [0.2, 0.25) is 0 Å². The van der Waals surface area contributed by atoms with Gasteiger partial charge >= 0.3 is 0 Å². The van der Waals surface area contributed by atoms with Crippen molar-refractivity contribution >= 4 is 21.4 Å². The van der Waals surface area contributed by atoms with Crippen molar-refractivity contribution in [2.75, 3.05) is 18.1 Å². The monoisotopic (exact) mass is 296 g/mol. The van der Waals surface area contributed by atoms with Gasteiger partial charge in [0, 0.05) is 7.05 Å². The van der Waals surface area contributed by atoms with Crippen LogP contribution >= 0.6 is 0 Å². The molecule has 1 heterocycles. The first-order valence-corrected chi connectivity index (χ1v) is 7.32. The number of anilines is 2. The van der Waals surface area contributed by atoms with Gasteiger partial charge in [0.15, 0.2) is 5.82 Å². The first kappa shape index (κ1) is 14.3. The zero-order chi connectivity index (χ0) is 14.8. The van der Waals surface area contributed by atoms with E-state index in [2.05, 4.69) is 20.2 Å². The number of nitrogens with zero attached hydrogens (tertiary/aromatic N) is 3. The SMILES string of the molecule is CNS(=O)(=O)c1ccc(NCc2nncn2C)c(N)c1. The van der Waals surface area contributed by atoms with Gasteiger partial charge in [-0.3, -0.25) is 0 Å². The highest BCUT2D eigenvalue weighted by molar-refractivity contribution is 7.89. The molecule has 1 aromatic heterocycles. The molecule has 0 amide bonds. The van der Waals surface area contributed by atoms with Crippen molar-refractivity contribution in [1.82, 2.24) is 19.5 Å². The van der Waals surface area contributed by atoms with Gasteiger partial charge in [0.1, 0.15) is 6.33 Å². The summed E-state index contributed by atoms with van der Waals surface area (Å²) in [5.41, 5.74) is 6.84. The maximum absolute atomic E-state index is 11.6. The lowest BCUT2D eigenvalue weighted by molar-refractivity contribution is 0.588. The number of hydrogen-bond donors (Lipinski definition) is 3. The molecule has 108 valence electrons. The number of rotatable bonds is 5. The van der Waals surface area contributed by atoms with Crippen LogP contribution in [0.5, 0.6) is 0 Å². The van der Waals surface area contributed by atoms with Gasteiger partial charge in [0.05, 0.1) is 22.8 Å². The Morgan fingerprint density at radius 3 is 2.70 bits per heavy atom. The smallest absolute Gasteiger partial charge is 0.240 e. The van der Waals surface area contributed by atoms with E-state index >= 15 is 0 Å². The molecule has 2 aromatic rings. The van der Waals surface area contributed by atoms with E-state index in [4.69, 9.17) is 5.73 Å². The van der Waals surface area contributed by atoms with E-state index < -0.39 is 10.0 Å². The summed E-state index contributed by atoms with van der Waals surface area (Å²) in [6.07, 6.45) is 1.60. The number of benzene rings is 1. The molecule has 0 aliphatic carbocycles. The molecule has 0 bridgehead atoms. The van der Waals surface area contributed by atoms with Gasteiger partial charge < -0.3 is 15.6 Å². The fraction of sp³-hybridized carbons (Fsp3) is 0.273. The normalized spacial score (nSPS) is 11.5. The lowest BCUT2D eigenvalue weighted by atomic mass is 10.2. The molecule has 0 unspecified atom stereocenters. The first-order chi connectivity index (χ1) is 9.44. The van der Waals surface area contributed by atoms with Gasteiger partial charge in [-0.1, -0.05) is 0 Å². The minimum absolute atomic E-state index is 0.127. The molecule has 4 N–H and O–H groups in total. The van der Waals surface area contributed by atoms with Crippen LogP contribution in [-0.4, -0.2) is 30.2 Å². The molecule has 8 nitrogen and oxygen atoms in total. The average Bonchev–Trinajstić information content (AvgIpc) is 2.83. The number of sulfonamides is 1. The van der Waals surface area contributed by atoms with Gasteiger partial charge in [-0.25, -0.2) is 13.1 Å². The van der Waals surface area contributed by atoms with Crippen LogP contribution in [0, 0.1) is 0 Å². The summed E-state index contributed by atoms with van der Waals surface area (Å²) in [6, 6.07) is 4.52. The van der Waals surface area contributed by atoms with Crippen molar-refractivity contribution in [1.29, 1.82) is 0 Å². The Balaban J connectivity index is 2.17. The topological polar surface area (TPSA) is 115 Å². The number of aromatic nitrogens is 3. The van der Waals surface area contributed by atoms with E-state index in [9.17, 15) is 8.42 Å². The number of hydrogen-bond acceptors (Lipinski definition) is 6. The van der Waals surface area contributed by atoms with Crippen LogP contribution in [0.15, 0.2) is 29.4 Å². The van der Waals surface area contributed by atoms with Crippen LogP contribution in [0.25, 0.3) is 0 Å². The second kappa shape index (κ2) is 5.47. The number of nitrogens with two attached hydrogens (primary N) is 1. The summed E-state index contributed by atoms with van der Waals surface area (Å²) in [4.78, 5) is 0.127. The first-order valence-electron chi connectivity index (χ1n) is 5.84. The third-order valence-electron chi connectivity index (χ3n) is 2.84. The fourth-order valence-corrected chi connectivity index (χ4v) is 2.39. The molecule has 2 rings (SSSR count). The Hall–Kier alpha value is -2.13. The standard InChI is InChI=1S/C11H16N6O2S/c1-13-20(18,19)8-3-4-10(9(12)5-8)14-6-11-16-15-7-17(11)2/h3-5,7,13-14H,6,12H2,1-2H3. The van der Waals surface area contributed by atoms with E-state index in [1.165, 1.54) is 19.2 Å². The molecule has 0 aliphatic heterocycles. The van der Waals surface area contributed by atoms with Crippen molar-refractivity contribution in [3.63, 3.8) is 0 Å². The lowest BCUT2D eigenvalue weighted by Crippen LogP contribution is -2.18. The average molecular weight is 296 g/mol. The molecule has 1 aromatic carbocycles. The largest absolute Gasteiger partial charge is 0.397 e.